The molecule has 0 radical (unpaired) electrons. The van der Waals surface area contributed by atoms with Crippen molar-refractivity contribution in [1.29, 1.82) is 0 Å². The number of carbonyl (C=O) groups is 1. The van der Waals surface area contributed by atoms with Gasteiger partial charge < -0.3 is 14.2 Å². The first-order chi connectivity index (χ1) is 8.85. The molecule has 1 aliphatic rings. The van der Waals surface area contributed by atoms with Gasteiger partial charge in [0, 0.05) is 7.11 Å². The molecule has 1 aliphatic carbocycles. The van der Waals surface area contributed by atoms with E-state index in [4.69, 9.17) is 14.2 Å². The van der Waals surface area contributed by atoms with E-state index in [1.165, 1.54) is 0 Å². The van der Waals surface area contributed by atoms with E-state index in [0.717, 1.165) is 0 Å². The van der Waals surface area contributed by atoms with Gasteiger partial charge in [-0.3, -0.25) is 5.21 Å². The first-order valence-corrected chi connectivity index (χ1v) is 6.33. The predicted molar refractivity (Wildman–Crippen MR) is 69.0 cm³/mol. The van der Waals surface area contributed by atoms with Crippen LogP contribution >= 0.6 is 0 Å². The maximum atomic E-state index is 11.8. The number of carbonyl (C=O) groups excluding carboxylic acids is 1. The van der Waals surface area contributed by atoms with E-state index in [-0.39, 0.29) is 6.10 Å². The zero-order valence-electron chi connectivity index (χ0n) is 12.0. The highest BCUT2D eigenvalue weighted by atomic mass is 16.6. The first-order valence-electron chi connectivity index (χ1n) is 6.33. The molecule has 0 bridgehead atoms. The number of hydrogen-bond donors (Lipinski definition) is 1. The number of rotatable bonds is 5. The van der Waals surface area contributed by atoms with Gasteiger partial charge in [-0.2, -0.15) is 5.06 Å². The van der Waals surface area contributed by atoms with E-state index in [1.54, 1.807) is 27.9 Å². The molecular weight excluding hydrogens is 250 g/mol. The van der Waals surface area contributed by atoms with E-state index in [0.29, 0.717) is 24.7 Å². The first kappa shape index (κ1) is 15.9. The third-order valence-corrected chi connectivity index (χ3v) is 2.58. The van der Waals surface area contributed by atoms with Crippen molar-refractivity contribution in [2.45, 2.75) is 44.9 Å². The van der Waals surface area contributed by atoms with Crippen LogP contribution in [0.25, 0.3) is 0 Å². The molecule has 0 unspecified atom stereocenters. The van der Waals surface area contributed by atoms with Crippen molar-refractivity contribution >= 4 is 6.09 Å². The van der Waals surface area contributed by atoms with Crippen LogP contribution in [0.4, 0.5) is 4.79 Å². The average Bonchev–Trinajstić information content (AvgIpc) is 2.74. The van der Waals surface area contributed by atoms with Crippen molar-refractivity contribution in [1.82, 2.24) is 5.06 Å². The molecule has 0 heterocycles. The summed E-state index contributed by atoms with van der Waals surface area (Å²) in [5.74, 6) is 0. The minimum Gasteiger partial charge on any atom is -0.442 e. The lowest BCUT2D eigenvalue weighted by Gasteiger charge is -2.29. The van der Waals surface area contributed by atoms with Crippen LogP contribution in [0.15, 0.2) is 12.2 Å². The van der Waals surface area contributed by atoms with Crippen LogP contribution in [0.1, 0.15) is 27.2 Å². The third kappa shape index (κ3) is 5.18. The SMILES string of the molecule is COCCO[C@@H]1C=CC[C@H]1N(O)C(=O)OC(C)(C)C. The molecule has 19 heavy (non-hydrogen) atoms. The van der Waals surface area contributed by atoms with Crippen LogP contribution in [-0.2, 0) is 14.2 Å². The van der Waals surface area contributed by atoms with Crippen molar-refractivity contribution in [3.63, 3.8) is 0 Å². The summed E-state index contributed by atoms with van der Waals surface area (Å²) in [5.41, 5.74) is -0.642. The Kier molecular flexibility index (Phi) is 5.78. The van der Waals surface area contributed by atoms with Gasteiger partial charge in [0.1, 0.15) is 5.60 Å². The Morgan fingerprint density at radius 3 is 2.68 bits per heavy atom. The standard InChI is InChI=1S/C13H23NO5/c1-13(2,3)19-12(15)14(16)10-6-5-7-11(10)18-9-8-17-4/h5,7,10-11,16H,6,8-9H2,1-4H3/t10-,11-/m1/s1. The lowest BCUT2D eigenvalue weighted by atomic mass is 10.2. The molecule has 0 fully saturated rings. The van der Waals surface area contributed by atoms with E-state index < -0.39 is 17.7 Å². The number of ether oxygens (including phenoxy) is 3. The minimum absolute atomic E-state index is 0.340. The van der Waals surface area contributed by atoms with Crippen molar-refractivity contribution < 1.29 is 24.2 Å². The second-order valence-corrected chi connectivity index (χ2v) is 5.38. The fraction of sp³-hybridized carbons (Fsp3) is 0.769. The van der Waals surface area contributed by atoms with Crippen molar-refractivity contribution in [2.24, 2.45) is 0 Å². The second-order valence-electron chi connectivity index (χ2n) is 5.38. The largest absolute Gasteiger partial charge is 0.442 e. The maximum absolute atomic E-state index is 11.8. The Labute approximate surface area is 113 Å². The molecular formula is C13H23NO5. The molecule has 0 spiro atoms. The number of hydrogen-bond acceptors (Lipinski definition) is 5. The Bertz CT molecular complexity index is 323. The zero-order chi connectivity index (χ0) is 14.5. The summed E-state index contributed by atoms with van der Waals surface area (Å²) >= 11 is 0. The molecule has 0 aromatic carbocycles. The number of hydroxylamine groups is 2. The zero-order valence-corrected chi connectivity index (χ0v) is 12.0. The number of nitrogens with zero attached hydrogens (tertiary/aromatic N) is 1. The molecule has 0 aliphatic heterocycles. The number of amides is 1. The molecule has 1 rings (SSSR count). The highest BCUT2D eigenvalue weighted by Crippen LogP contribution is 2.21. The van der Waals surface area contributed by atoms with Crippen LogP contribution in [0, 0.1) is 0 Å². The summed E-state index contributed by atoms with van der Waals surface area (Å²) in [4.78, 5) is 11.8. The van der Waals surface area contributed by atoms with Gasteiger partial charge in [0.25, 0.3) is 0 Å². The molecule has 0 aromatic rings. The minimum atomic E-state index is -0.762. The topological polar surface area (TPSA) is 68.2 Å². The molecule has 6 nitrogen and oxygen atoms in total. The van der Waals surface area contributed by atoms with Crippen LogP contribution in [-0.4, -0.2) is 54.4 Å². The van der Waals surface area contributed by atoms with Crippen LogP contribution in [0.3, 0.4) is 0 Å². The Hall–Kier alpha value is -1.11. The van der Waals surface area contributed by atoms with Gasteiger partial charge in [-0.25, -0.2) is 4.79 Å². The summed E-state index contributed by atoms with van der Waals surface area (Å²) in [6.45, 7) is 6.12. The Balaban J connectivity index is 2.51. The summed E-state index contributed by atoms with van der Waals surface area (Å²) < 4.78 is 15.5. The average molecular weight is 273 g/mol. The number of methoxy groups -OCH3 is 1. The molecule has 6 heteroatoms. The van der Waals surface area contributed by atoms with Gasteiger partial charge in [0.05, 0.1) is 25.4 Å². The molecule has 0 aromatic heterocycles. The fourth-order valence-corrected chi connectivity index (χ4v) is 1.73. The summed E-state index contributed by atoms with van der Waals surface area (Å²) in [6, 6.07) is -0.452. The molecule has 2 atom stereocenters. The normalized spacial score (nSPS) is 22.6. The van der Waals surface area contributed by atoms with E-state index in [9.17, 15) is 10.0 Å². The molecule has 0 saturated heterocycles. The second kappa shape index (κ2) is 6.88. The molecule has 1 N–H and O–H groups in total. The van der Waals surface area contributed by atoms with Gasteiger partial charge >= 0.3 is 6.09 Å². The van der Waals surface area contributed by atoms with Gasteiger partial charge in [-0.1, -0.05) is 12.2 Å². The van der Waals surface area contributed by atoms with Crippen LogP contribution < -0.4 is 0 Å². The summed E-state index contributed by atoms with van der Waals surface area (Å²) in [7, 11) is 1.59. The third-order valence-electron chi connectivity index (χ3n) is 2.58. The van der Waals surface area contributed by atoms with E-state index >= 15 is 0 Å². The monoisotopic (exact) mass is 273 g/mol. The quantitative estimate of drug-likeness (QED) is 0.359. The molecule has 1 amide bonds. The summed E-state index contributed by atoms with van der Waals surface area (Å²) in [5, 5.41) is 10.5. The van der Waals surface area contributed by atoms with Gasteiger partial charge in [-0.05, 0) is 27.2 Å². The van der Waals surface area contributed by atoms with Crippen molar-refractivity contribution in [3.05, 3.63) is 12.2 Å². The van der Waals surface area contributed by atoms with Gasteiger partial charge in [0.2, 0.25) is 0 Å². The van der Waals surface area contributed by atoms with Gasteiger partial charge in [0.15, 0.2) is 0 Å². The lowest BCUT2D eigenvalue weighted by molar-refractivity contribution is -0.143. The van der Waals surface area contributed by atoms with Crippen LogP contribution in [0.5, 0.6) is 0 Å². The van der Waals surface area contributed by atoms with Gasteiger partial charge in [-0.15, -0.1) is 0 Å². The Morgan fingerprint density at radius 1 is 1.42 bits per heavy atom. The highest BCUT2D eigenvalue weighted by Gasteiger charge is 2.34. The molecule has 110 valence electrons. The Morgan fingerprint density at radius 2 is 2.11 bits per heavy atom. The summed E-state index contributed by atoms with van der Waals surface area (Å²) in [6.07, 6.45) is 3.13. The smallest absolute Gasteiger partial charge is 0.434 e. The highest BCUT2D eigenvalue weighted by molar-refractivity contribution is 5.67. The van der Waals surface area contributed by atoms with E-state index in [1.807, 2.05) is 12.2 Å². The van der Waals surface area contributed by atoms with Crippen molar-refractivity contribution in [3.8, 4) is 0 Å². The maximum Gasteiger partial charge on any atom is 0.434 e. The predicted octanol–water partition coefficient (Wildman–Crippen LogP) is 1.97. The van der Waals surface area contributed by atoms with E-state index in [2.05, 4.69) is 0 Å². The molecule has 0 saturated carbocycles. The van der Waals surface area contributed by atoms with Crippen LogP contribution in [0.2, 0.25) is 0 Å². The van der Waals surface area contributed by atoms with Crippen molar-refractivity contribution in [2.75, 3.05) is 20.3 Å². The fourth-order valence-electron chi connectivity index (χ4n) is 1.73. The lowest BCUT2D eigenvalue weighted by Crippen LogP contribution is -2.45.